The molecule has 1 rings (SSSR count). The molecule has 0 radical (unpaired) electrons. The van der Waals surface area contributed by atoms with Gasteiger partial charge in [0, 0.05) is 10.5 Å². The normalized spacial score (nSPS) is 13.1. The van der Waals surface area contributed by atoms with Crippen LogP contribution in [0.3, 0.4) is 0 Å². The summed E-state index contributed by atoms with van der Waals surface area (Å²) in [6.45, 7) is 11.5. The van der Waals surface area contributed by atoms with Crippen molar-refractivity contribution in [1.29, 1.82) is 0 Å². The second kappa shape index (κ2) is 8.03. The Morgan fingerprint density at radius 1 is 1.52 bits per heavy atom. The minimum absolute atomic E-state index is 0.0299. The van der Waals surface area contributed by atoms with Gasteiger partial charge in [-0.2, -0.15) is 0 Å². The van der Waals surface area contributed by atoms with Gasteiger partial charge in [0.05, 0.1) is 7.11 Å². The van der Waals surface area contributed by atoms with Gasteiger partial charge >= 0.3 is 0 Å². The average molecular weight is 352 g/mol. The maximum atomic E-state index is 11.6. The molecule has 0 bridgehead atoms. The monoisotopic (exact) mass is 351 g/mol. The summed E-state index contributed by atoms with van der Waals surface area (Å²) >= 11 is 3.55. The van der Waals surface area contributed by atoms with Gasteiger partial charge in [-0.05, 0) is 43.0 Å². The molecule has 114 valence electrons. The minimum Gasteiger partial charge on any atom is -0.497 e. The maximum absolute atomic E-state index is 11.6. The Hall–Kier alpha value is -1.55. The van der Waals surface area contributed by atoms with Gasteiger partial charge in [-0.1, -0.05) is 47.7 Å². The van der Waals surface area contributed by atoms with Gasteiger partial charge in [0.2, 0.25) is 5.91 Å². The van der Waals surface area contributed by atoms with Crippen molar-refractivity contribution in [1.82, 2.24) is 5.32 Å². The fraction of sp³-hybridized carbons (Fsp3) is 0.353. The van der Waals surface area contributed by atoms with Crippen molar-refractivity contribution in [3.8, 4) is 5.75 Å². The number of halogens is 1. The number of carbonyl (C=O) groups is 1. The standard InChI is InChI=1S/C17H22BrNO2/c1-6-17(20)19-16(12(4)11(2)3)9-13-7-8-14(21-5)10-15(13)18/h6-8,10,12,16H,1-2,9H2,3-5H3,(H,19,20)/t12-,16+/m0/s1. The molecule has 1 N–H and O–H groups in total. The quantitative estimate of drug-likeness (QED) is 0.597. The Bertz CT molecular complexity index is 540. The van der Waals surface area contributed by atoms with Crippen molar-refractivity contribution in [2.75, 3.05) is 7.11 Å². The largest absolute Gasteiger partial charge is 0.497 e. The molecular weight excluding hydrogens is 330 g/mol. The third kappa shape index (κ3) is 5.05. The molecule has 0 spiro atoms. The number of amides is 1. The zero-order valence-electron chi connectivity index (χ0n) is 12.8. The van der Waals surface area contributed by atoms with Crippen molar-refractivity contribution in [3.05, 3.63) is 53.0 Å². The van der Waals surface area contributed by atoms with Crippen molar-refractivity contribution >= 4 is 21.8 Å². The third-order valence-electron chi connectivity index (χ3n) is 3.59. The summed E-state index contributed by atoms with van der Waals surface area (Å²) in [4.78, 5) is 11.6. The molecular formula is C17H22BrNO2. The Kier molecular flexibility index (Phi) is 6.69. The lowest BCUT2D eigenvalue weighted by atomic mass is 9.90. The molecule has 0 fully saturated rings. The number of nitrogens with one attached hydrogen (secondary N) is 1. The predicted molar refractivity (Wildman–Crippen MR) is 90.5 cm³/mol. The molecule has 0 aromatic heterocycles. The fourth-order valence-corrected chi connectivity index (χ4v) is 2.52. The molecule has 1 aromatic rings. The SMILES string of the molecule is C=CC(=O)N[C@H](Cc1ccc(OC)cc1Br)[C@@H](C)C(=C)C. The van der Waals surface area contributed by atoms with Crippen LogP contribution in [0.4, 0.5) is 0 Å². The Labute approximate surface area is 135 Å². The summed E-state index contributed by atoms with van der Waals surface area (Å²) in [5.74, 6) is 0.797. The first-order chi connectivity index (χ1) is 9.88. The molecule has 1 amide bonds. The zero-order valence-corrected chi connectivity index (χ0v) is 14.4. The van der Waals surface area contributed by atoms with Gasteiger partial charge < -0.3 is 10.1 Å². The first-order valence-corrected chi connectivity index (χ1v) is 7.59. The van der Waals surface area contributed by atoms with Gasteiger partial charge in [-0.3, -0.25) is 4.79 Å². The first kappa shape index (κ1) is 17.5. The minimum atomic E-state index is -0.169. The van der Waals surface area contributed by atoms with E-state index < -0.39 is 0 Å². The van der Waals surface area contributed by atoms with Gasteiger partial charge in [0.1, 0.15) is 5.75 Å². The smallest absolute Gasteiger partial charge is 0.243 e. The Morgan fingerprint density at radius 2 is 2.19 bits per heavy atom. The molecule has 4 heteroatoms. The van der Waals surface area contributed by atoms with Gasteiger partial charge in [-0.15, -0.1) is 0 Å². The van der Waals surface area contributed by atoms with E-state index in [1.54, 1.807) is 7.11 Å². The summed E-state index contributed by atoms with van der Waals surface area (Å²) < 4.78 is 6.16. The van der Waals surface area contributed by atoms with Crippen molar-refractivity contribution in [2.24, 2.45) is 5.92 Å². The Morgan fingerprint density at radius 3 is 2.67 bits per heavy atom. The van der Waals surface area contributed by atoms with E-state index >= 15 is 0 Å². The molecule has 2 atom stereocenters. The predicted octanol–water partition coefficient (Wildman–Crippen LogP) is 3.88. The second-order valence-electron chi connectivity index (χ2n) is 5.12. The van der Waals surface area contributed by atoms with E-state index in [0.717, 1.165) is 21.4 Å². The maximum Gasteiger partial charge on any atom is 0.243 e. The van der Waals surface area contributed by atoms with E-state index in [9.17, 15) is 4.79 Å². The number of ether oxygens (including phenoxy) is 1. The van der Waals surface area contributed by atoms with Crippen LogP contribution in [0.25, 0.3) is 0 Å². The van der Waals surface area contributed by atoms with E-state index in [0.29, 0.717) is 6.42 Å². The number of hydrogen-bond donors (Lipinski definition) is 1. The number of methoxy groups -OCH3 is 1. The van der Waals surface area contributed by atoms with Crippen LogP contribution in [0.5, 0.6) is 5.75 Å². The van der Waals surface area contributed by atoms with Crippen molar-refractivity contribution in [2.45, 2.75) is 26.3 Å². The summed E-state index contributed by atoms with van der Waals surface area (Å²) in [7, 11) is 1.64. The molecule has 0 saturated heterocycles. The average Bonchev–Trinajstić information content (AvgIpc) is 2.47. The third-order valence-corrected chi connectivity index (χ3v) is 4.33. The van der Waals surface area contributed by atoms with Gasteiger partial charge in [-0.25, -0.2) is 0 Å². The highest BCUT2D eigenvalue weighted by Crippen LogP contribution is 2.26. The van der Waals surface area contributed by atoms with Crippen molar-refractivity contribution < 1.29 is 9.53 Å². The van der Waals surface area contributed by atoms with Gasteiger partial charge in [0.25, 0.3) is 0 Å². The Balaban J connectivity index is 2.97. The number of carbonyl (C=O) groups excluding carboxylic acids is 1. The topological polar surface area (TPSA) is 38.3 Å². The first-order valence-electron chi connectivity index (χ1n) is 6.79. The van der Waals surface area contributed by atoms with Crippen LogP contribution in [-0.2, 0) is 11.2 Å². The van der Waals surface area contributed by atoms with E-state index in [4.69, 9.17) is 4.74 Å². The molecule has 21 heavy (non-hydrogen) atoms. The van der Waals surface area contributed by atoms with E-state index in [1.807, 2.05) is 25.1 Å². The second-order valence-corrected chi connectivity index (χ2v) is 5.97. The highest BCUT2D eigenvalue weighted by molar-refractivity contribution is 9.10. The van der Waals surface area contributed by atoms with E-state index in [-0.39, 0.29) is 17.9 Å². The van der Waals surface area contributed by atoms with Crippen LogP contribution in [0.1, 0.15) is 19.4 Å². The van der Waals surface area contributed by atoms with Gasteiger partial charge in [0.15, 0.2) is 0 Å². The molecule has 0 heterocycles. The van der Waals surface area contributed by atoms with Crippen LogP contribution in [-0.4, -0.2) is 19.1 Å². The summed E-state index contributed by atoms with van der Waals surface area (Å²) in [6, 6.07) is 5.81. The number of hydrogen-bond acceptors (Lipinski definition) is 2. The molecule has 0 aliphatic carbocycles. The van der Waals surface area contributed by atoms with E-state index in [2.05, 4.69) is 41.3 Å². The van der Waals surface area contributed by atoms with Crippen molar-refractivity contribution in [3.63, 3.8) is 0 Å². The summed E-state index contributed by atoms with van der Waals surface area (Å²) in [5.41, 5.74) is 2.15. The number of benzene rings is 1. The van der Waals surface area contributed by atoms with Crippen LogP contribution in [0.15, 0.2) is 47.5 Å². The van der Waals surface area contributed by atoms with E-state index in [1.165, 1.54) is 6.08 Å². The van der Waals surface area contributed by atoms with Crippen LogP contribution >= 0.6 is 15.9 Å². The zero-order chi connectivity index (χ0) is 16.0. The summed E-state index contributed by atoms with van der Waals surface area (Å²) in [5, 5.41) is 2.98. The highest BCUT2D eigenvalue weighted by Gasteiger charge is 2.20. The molecule has 3 nitrogen and oxygen atoms in total. The lowest BCUT2D eigenvalue weighted by Gasteiger charge is -2.25. The lowest BCUT2D eigenvalue weighted by molar-refractivity contribution is -0.117. The molecule has 0 unspecified atom stereocenters. The molecule has 0 aliphatic rings. The summed E-state index contributed by atoms with van der Waals surface area (Å²) in [6.07, 6.45) is 2.00. The molecule has 1 aromatic carbocycles. The molecule has 0 saturated carbocycles. The van der Waals surface area contributed by atoms with Crippen LogP contribution in [0, 0.1) is 5.92 Å². The highest BCUT2D eigenvalue weighted by atomic mass is 79.9. The lowest BCUT2D eigenvalue weighted by Crippen LogP contribution is -2.40. The van der Waals surface area contributed by atoms with Crippen LogP contribution in [0.2, 0.25) is 0 Å². The fourth-order valence-electron chi connectivity index (χ4n) is 2.00. The van der Waals surface area contributed by atoms with Crippen LogP contribution < -0.4 is 10.1 Å². The molecule has 0 aliphatic heterocycles. The number of rotatable bonds is 7.